The number of aliphatic hydroxyl groups excluding tert-OH is 1. The second kappa shape index (κ2) is 9.06. The van der Waals surface area contributed by atoms with Gasteiger partial charge in [0, 0.05) is 24.7 Å². The number of nitrogens with two attached hydrogens (primary N) is 2. The van der Waals surface area contributed by atoms with Crippen LogP contribution in [0.4, 0.5) is 11.5 Å². The van der Waals surface area contributed by atoms with E-state index in [-0.39, 0.29) is 18.5 Å². The molecule has 1 atom stereocenters. The van der Waals surface area contributed by atoms with Crippen molar-refractivity contribution in [2.75, 3.05) is 23.8 Å². The van der Waals surface area contributed by atoms with Crippen molar-refractivity contribution in [3.63, 3.8) is 0 Å². The van der Waals surface area contributed by atoms with Crippen LogP contribution < -0.4 is 21.1 Å². The van der Waals surface area contributed by atoms with Gasteiger partial charge in [0.2, 0.25) is 0 Å². The Balaban J connectivity index is 1.65. The van der Waals surface area contributed by atoms with E-state index >= 15 is 0 Å². The molecule has 2 aromatic carbocycles. The molecule has 7 nitrogen and oxygen atoms in total. The Hall–Kier alpha value is -3.58. The number of para-hydroxylation sites is 1. The molecule has 1 unspecified atom stereocenters. The third-order valence-electron chi connectivity index (χ3n) is 5.51. The molecule has 7 heteroatoms. The lowest BCUT2D eigenvalue weighted by atomic mass is 10.0. The van der Waals surface area contributed by atoms with Crippen LogP contribution in [0.2, 0.25) is 0 Å². The SMILES string of the molecule is N=C(N)c1c(N)cc(N2CCCC2CO)nc1Cc1cccc(Oc2ccccc2)c1. The van der Waals surface area contributed by atoms with Crippen LogP contribution in [0.1, 0.15) is 29.7 Å². The van der Waals surface area contributed by atoms with Crippen molar-refractivity contribution in [1.29, 1.82) is 5.41 Å². The number of ether oxygens (including phenoxy) is 1. The number of aromatic nitrogens is 1. The van der Waals surface area contributed by atoms with Gasteiger partial charge < -0.3 is 26.2 Å². The fraction of sp³-hybridized carbons (Fsp3) is 0.250. The van der Waals surface area contributed by atoms with Gasteiger partial charge in [-0.2, -0.15) is 0 Å². The van der Waals surface area contributed by atoms with E-state index in [9.17, 15) is 5.11 Å². The van der Waals surface area contributed by atoms with E-state index < -0.39 is 0 Å². The first-order chi connectivity index (χ1) is 15.0. The highest BCUT2D eigenvalue weighted by Crippen LogP contribution is 2.30. The van der Waals surface area contributed by atoms with E-state index in [4.69, 9.17) is 26.6 Å². The second-order valence-electron chi connectivity index (χ2n) is 7.72. The lowest BCUT2D eigenvalue weighted by molar-refractivity contribution is 0.266. The van der Waals surface area contributed by atoms with Gasteiger partial charge in [-0.15, -0.1) is 0 Å². The largest absolute Gasteiger partial charge is 0.457 e. The second-order valence-corrected chi connectivity index (χ2v) is 7.72. The van der Waals surface area contributed by atoms with E-state index in [1.165, 1.54) is 0 Å². The molecular formula is C24H27N5O2. The van der Waals surface area contributed by atoms with Gasteiger partial charge in [0.25, 0.3) is 0 Å². The van der Waals surface area contributed by atoms with Gasteiger partial charge in [0.15, 0.2) is 0 Å². The first-order valence-electron chi connectivity index (χ1n) is 10.4. The fourth-order valence-corrected chi connectivity index (χ4v) is 4.05. The lowest BCUT2D eigenvalue weighted by Gasteiger charge is -2.26. The number of hydrogen-bond donors (Lipinski definition) is 4. The molecule has 0 amide bonds. The molecule has 0 radical (unpaired) electrons. The molecule has 0 spiro atoms. The van der Waals surface area contributed by atoms with Gasteiger partial charge in [-0.25, -0.2) is 4.98 Å². The minimum Gasteiger partial charge on any atom is -0.457 e. The maximum atomic E-state index is 9.70. The molecule has 31 heavy (non-hydrogen) atoms. The number of pyridine rings is 1. The van der Waals surface area contributed by atoms with E-state index in [1.54, 1.807) is 6.07 Å². The number of nitrogens with zero attached hydrogens (tertiary/aromatic N) is 2. The molecule has 160 valence electrons. The minimum absolute atomic E-state index is 0.0329. The third kappa shape index (κ3) is 4.62. The maximum Gasteiger partial charge on any atom is 0.131 e. The quantitative estimate of drug-likeness (QED) is 0.346. The summed E-state index contributed by atoms with van der Waals surface area (Å²) in [7, 11) is 0. The summed E-state index contributed by atoms with van der Waals surface area (Å²) in [5.74, 6) is 2.09. The van der Waals surface area contributed by atoms with Gasteiger partial charge in [-0.05, 0) is 42.7 Å². The average molecular weight is 418 g/mol. The predicted octanol–water partition coefficient (Wildman–Crippen LogP) is 3.29. The number of rotatable bonds is 7. The summed E-state index contributed by atoms with van der Waals surface area (Å²) in [6.07, 6.45) is 2.37. The summed E-state index contributed by atoms with van der Waals surface area (Å²) in [6.45, 7) is 0.890. The number of nitrogen functional groups attached to an aromatic ring is 2. The summed E-state index contributed by atoms with van der Waals surface area (Å²) in [4.78, 5) is 6.90. The van der Waals surface area contributed by atoms with Gasteiger partial charge in [-0.1, -0.05) is 30.3 Å². The Morgan fingerprint density at radius 1 is 1.13 bits per heavy atom. The van der Waals surface area contributed by atoms with E-state index in [1.807, 2.05) is 54.6 Å². The molecule has 1 aliphatic heterocycles. The van der Waals surface area contributed by atoms with Gasteiger partial charge >= 0.3 is 0 Å². The highest BCUT2D eigenvalue weighted by Gasteiger charge is 2.26. The first kappa shape index (κ1) is 20.7. The summed E-state index contributed by atoms with van der Waals surface area (Å²) in [6, 6.07) is 19.1. The fourth-order valence-electron chi connectivity index (χ4n) is 4.05. The molecule has 1 saturated heterocycles. The van der Waals surface area contributed by atoms with Crippen LogP contribution in [0.25, 0.3) is 0 Å². The Labute approximate surface area is 181 Å². The standard InChI is InChI=1S/C24H27N5O2/c25-20-14-22(29-11-5-7-17(29)15-30)28-21(23(20)24(26)27)13-16-6-4-10-19(12-16)31-18-8-2-1-3-9-18/h1-4,6,8-10,12,14,17,30H,5,7,11,13,15H2,(H2,25,28)(H3,26,27). The lowest BCUT2D eigenvalue weighted by Crippen LogP contribution is -2.33. The molecule has 0 saturated carbocycles. The molecular weight excluding hydrogens is 390 g/mol. The Morgan fingerprint density at radius 2 is 1.90 bits per heavy atom. The van der Waals surface area contributed by atoms with Crippen LogP contribution in [0.3, 0.4) is 0 Å². The van der Waals surface area contributed by atoms with E-state index in [0.717, 1.165) is 36.4 Å². The number of hydrogen-bond acceptors (Lipinski definition) is 6. The van der Waals surface area contributed by atoms with Crippen molar-refractivity contribution in [2.45, 2.75) is 25.3 Å². The maximum absolute atomic E-state index is 9.70. The molecule has 0 aliphatic carbocycles. The summed E-state index contributed by atoms with van der Waals surface area (Å²) in [5, 5.41) is 17.7. The summed E-state index contributed by atoms with van der Waals surface area (Å²) in [5.41, 5.74) is 14.6. The number of anilines is 2. The Bertz CT molecular complexity index is 1070. The van der Waals surface area contributed by atoms with Crippen molar-refractivity contribution >= 4 is 17.3 Å². The predicted molar refractivity (Wildman–Crippen MR) is 123 cm³/mol. The zero-order chi connectivity index (χ0) is 21.8. The van der Waals surface area contributed by atoms with Crippen LogP contribution >= 0.6 is 0 Å². The topological polar surface area (TPSA) is 121 Å². The van der Waals surface area contributed by atoms with Crippen LogP contribution in [0.15, 0.2) is 60.7 Å². The van der Waals surface area contributed by atoms with E-state index in [2.05, 4.69) is 4.90 Å². The van der Waals surface area contributed by atoms with Crippen molar-refractivity contribution in [3.8, 4) is 11.5 Å². The first-order valence-corrected chi connectivity index (χ1v) is 10.4. The number of nitrogens with one attached hydrogen (secondary N) is 1. The van der Waals surface area contributed by atoms with Gasteiger partial charge in [0.1, 0.15) is 23.2 Å². The molecule has 6 N–H and O–H groups in total. The smallest absolute Gasteiger partial charge is 0.131 e. The number of aliphatic hydroxyl groups is 1. The number of amidine groups is 1. The molecule has 2 heterocycles. The van der Waals surface area contributed by atoms with Crippen LogP contribution in [0.5, 0.6) is 11.5 Å². The molecule has 4 rings (SSSR count). The van der Waals surface area contributed by atoms with Gasteiger partial charge in [0.05, 0.1) is 23.9 Å². The zero-order valence-corrected chi connectivity index (χ0v) is 17.3. The van der Waals surface area contributed by atoms with Crippen molar-refractivity contribution in [2.24, 2.45) is 5.73 Å². The minimum atomic E-state index is -0.108. The van der Waals surface area contributed by atoms with E-state index in [0.29, 0.717) is 29.2 Å². The normalized spacial score (nSPS) is 15.8. The monoisotopic (exact) mass is 417 g/mol. The molecule has 1 fully saturated rings. The zero-order valence-electron chi connectivity index (χ0n) is 17.3. The molecule has 1 aliphatic rings. The van der Waals surface area contributed by atoms with Crippen molar-refractivity contribution in [3.05, 3.63) is 77.5 Å². The van der Waals surface area contributed by atoms with Crippen LogP contribution in [-0.2, 0) is 6.42 Å². The van der Waals surface area contributed by atoms with Crippen LogP contribution in [0, 0.1) is 5.41 Å². The summed E-state index contributed by atoms with van der Waals surface area (Å²) >= 11 is 0. The Morgan fingerprint density at radius 3 is 2.65 bits per heavy atom. The third-order valence-corrected chi connectivity index (χ3v) is 5.51. The molecule has 0 bridgehead atoms. The Kier molecular flexibility index (Phi) is 6.04. The molecule has 3 aromatic rings. The highest BCUT2D eigenvalue weighted by molar-refractivity contribution is 6.01. The summed E-state index contributed by atoms with van der Waals surface area (Å²) < 4.78 is 5.94. The highest BCUT2D eigenvalue weighted by atomic mass is 16.5. The van der Waals surface area contributed by atoms with Crippen molar-refractivity contribution < 1.29 is 9.84 Å². The number of benzene rings is 2. The van der Waals surface area contributed by atoms with Gasteiger partial charge in [-0.3, -0.25) is 5.41 Å². The van der Waals surface area contributed by atoms with Crippen molar-refractivity contribution in [1.82, 2.24) is 4.98 Å². The van der Waals surface area contributed by atoms with Crippen LogP contribution in [-0.4, -0.2) is 35.1 Å². The average Bonchev–Trinajstić information content (AvgIpc) is 3.23. The molecule has 1 aromatic heterocycles.